The van der Waals surface area contributed by atoms with Crippen LogP contribution in [0, 0.1) is 0 Å². The Morgan fingerprint density at radius 2 is 2.21 bits per heavy atom. The maximum atomic E-state index is 12.1. The quantitative estimate of drug-likeness (QED) is 0.793. The molecule has 0 spiro atoms. The van der Waals surface area contributed by atoms with E-state index < -0.39 is 0 Å². The molecule has 3 nitrogen and oxygen atoms in total. The standard InChI is InChI=1S/C15H18ClNO2/c1-19-11-14-3-2-10-17(14)15(18)9-6-12-4-7-13(16)8-5-12/h4-9,14H,2-3,10-11H2,1H3/b9-6+/t14-/m0/s1. The number of carbonyl (C=O) groups is 1. The second-order valence-electron chi connectivity index (χ2n) is 4.67. The van der Waals surface area contributed by atoms with Gasteiger partial charge in [-0.25, -0.2) is 0 Å². The molecule has 1 aromatic rings. The number of nitrogens with zero attached hydrogens (tertiary/aromatic N) is 1. The number of methoxy groups -OCH3 is 1. The third-order valence-corrected chi connectivity index (χ3v) is 3.56. The Kier molecular flexibility index (Phi) is 5.00. The van der Waals surface area contributed by atoms with Gasteiger partial charge >= 0.3 is 0 Å². The van der Waals surface area contributed by atoms with Crippen LogP contribution in [0.3, 0.4) is 0 Å². The largest absolute Gasteiger partial charge is 0.383 e. The monoisotopic (exact) mass is 279 g/mol. The molecule has 1 fully saturated rings. The predicted molar refractivity (Wildman–Crippen MR) is 77.1 cm³/mol. The maximum Gasteiger partial charge on any atom is 0.246 e. The summed E-state index contributed by atoms with van der Waals surface area (Å²) in [6, 6.07) is 7.63. The van der Waals surface area contributed by atoms with E-state index in [1.807, 2.05) is 35.2 Å². The Labute approximate surface area is 118 Å². The van der Waals surface area contributed by atoms with Crippen molar-refractivity contribution < 1.29 is 9.53 Å². The number of rotatable bonds is 4. The van der Waals surface area contributed by atoms with Crippen molar-refractivity contribution in [3.63, 3.8) is 0 Å². The molecule has 0 radical (unpaired) electrons. The number of hydrogen-bond acceptors (Lipinski definition) is 2. The number of likely N-dealkylation sites (tertiary alicyclic amines) is 1. The van der Waals surface area contributed by atoms with Crippen molar-refractivity contribution in [2.24, 2.45) is 0 Å². The number of hydrogen-bond donors (Lipinski definition) is 0. The summed E-state index contributed by atoms with van der Waals surface area (Å²) in [5.41, 5.74) is 0.972. The Bertz CT molecular complexity index is 456. The van der Waals surface area contributed by atoms with Crippen molar-refractivity contribution in [3.05, 3.63) is 40.9 Å². The van der Waals surface area contributed by atoms with E-state index in [1.165, 1.54) is 0 Å². The molecular weight excluding hydrogens is 262 g/mol. The van der Waals surface area contributed by atoms with Crippen LogP contribution in [-0.4, -0.2) is 37.1 Å². The van der Waals surface area contributed by atoms with Crippen molar-refractivity contribution in [2.75, 3.05) is 20.3 Å². The Morgan fingerprint density at radius 3 is 2.89 bits per heavy atom. The summed E-state index contributed by atoms with van der Waals surface area (Å²) in [7, 11) is 1.67. The summed E-state index contributed by atoms with van der Waals surface area (Å²) in [5.74, 6) is 0.0505. The second kappa shape index (κ2) is 6.73. The molecule has 1 aliphatic heterocycles. The summed E-state index contributed by atoms with van der Waals surface area (Å²) in [6.45, 7) is 1.43. The first-order valence-corrected chi connectivity index (χ1v) is 6.81. The highest BCUT2D eigenvalue weighted by molar-refractivity contribution is 6.30. The fourth-order valence-corrected chi connectivity index (χ4v) is 2.45. The highest BCUT2D eigenvalue weighted by Crippen LogP contribution is 2.18. The first-order valence-electron chi connectivity index (χ1n) is 6.44. The van der Waals surface area contributed by atoms with E-state index >= 15 is 0 Å². The van der Waals surface area contributed by atoms with Crippen molar-refractivity contribution in [1.82, 2.24) is 4.90 Å². The van der Waals surface area contributed by atoms with Gasteiger partial charge in [-0.2, -0.15) is 0 Å². The lowest BCUT2D eigenvalue weighted by Gasteiger charge is -2.22. The van der Waals surface area contributed by atoms with Gasteiger partial charge in [0.2, 0.25) is 5.91 Å². The van der Waals surface area contributed by atoms with E-state index in [0.717, 1.165) is 24.9 Å². The van der Waals surface area contributed by atoms with Crippen molar-refractivity contribution in [1.29, 1.82) is 0 Å². The SMILES string of the molecule is COC[C@@H]1CCCN1C(=O)/C=C/c1ccc(Cl)cc1. The fraction of sp³-hybridized carbons (Fsp3) is 0.400. The zero-order valence-electron chi connectivity index (χ0n) is 11.0. The minimum absolute atomic E-state index is 0.0505. The molecule has 0 bridgehead atoms. The topological polar surface area (TPSA) is 29.5 Å². The van der Waals surface area contributed by atoms with Gasteiger partial charge in [0.25, 0.3) is 0 Å². The normalized spacial score (nSPS) is 19.3. The van der Waals surface area contributed by atoms with Gasteiger partial charge < -0.3 is 9.64 Å². The molecule has 0 saturated carbocycles. The molecule has 0 aromatic heterocycles. The van der Waals surface area contributed by atoms with Crippen LogP contribution in [0.5, 0.6) is 0 Å². The third kappa shape index (κ3) is 3.82. The van der Waals surface area contributed by atoms with Crippen LogP contribution in [-0.2, 0) is 9.53 Å². The first-order chi connectivity index (χ1) is 9.20. The van der Waals surface area contributed by atoms with Crippen LogP contribution in [0.2, 0.25) is 5.02 Å². The number of amides is 1. The van der Waals surface area contributed by atoms with Crippen LogP contribution in [0.15, 0.2) is 30.3 Å². The van der Waals surface area contributed by atoms with E-state index in [9.17, 15) is 4.79 Å². The Morgan fingerprint density at radius 1 is 1.47 bits per heavy atom. The van der Waals surface area contributed by atoms with E-state index in [0.29, 0.717) is 11.6 Å². The molecule has 1 atom stereocenters. The highest BCUT2D eigenvalue weighted by atomic mass is 35.5. The molecular formula is C15H18ClNO2. The smallest absolute Gasteiger partial charge is 0.246 e. The van der Waals surface area contributed by atoms with Gasteiger partial charge in [0.1, 0.15) is 0 Å². The van der Waals surface area contributed by atoms with E-state index in [2.05, 4.69) is 0 Å². The van der Waals surface area contributed by atoms with Gasteiger partial charge in [-0.1, -0.05) is 23.7 Å². The molecule has 1 amide bonds. The maximum absolute atomic E-state index is 12.1. The zero-order valence-corrected chi connectivity index (χ0v) is 11.8. The minimum atomic E-state index is 0.0505. The lowest BCUT2D eigenvalue weighted by atomic mass is 10.2. The van der Waals surface area contributed by atoms with Crippen LogP contribution < -0.4 is 0 Å². The molecule has 1 aliphatic rings. The predicted octanol–water partition coefficient (Wildman–Crippen LogP) is 2.99. The van der Waals surface area contributed by atoms with Crippen molar-refractivity contribution in [2.45, 2.75) is 18.9 Å². The first kappa shape index (κ1) is 14.1. The molecule has 1 saturated heterocycles. The van der Waals surface area contributed by atoms with Gasteiger partial charge in [-0.15, -0.1) is 0 Å². The minimum Gasteiger partial charge on any atom is -0.383 e. The molecule has 102 valence electrons. The van der Waals surface area contributed by atoms with Crippen LogP contribution in [0.25, 0.3) is 6.08 Å². The van der Waals surface area contributed by atoms with Gasteiger partial charge in [0.15, 0.2) is 0 Å². The molecule has 19 heavy (non-hydrogen) atoms. The number of halogens is 1. The fourth-order valence-electron chi connectivity index (χ4n) is 2.33. The van der Waals surface area contributed by atoms with Gasteiger partial charge in [0.05, 0.1) is 12.6 Å². The van der Waals surface area contributed by atoms with Gasteiger partial charge in [0, 0.05) is 24.8 Å². The average Bonchev–Trinajstić information content (AvgIpc) is 2.86. The van der Waals surface area contributed by atoms with Crippen molar-refractivity contribution >= 4 is 23.6 Å². The summed E-state index contributed by atoms with van der Waals surface area (Å²) >= 11 is 5.82. The number of benzene rings is 1. The van der Waals surface area contributed by atoms with Crippen molar-refractivity contribution in [3.8, 4) is 0 Å². The summed E-state index contributed by atoms with van der Waals surface area (Å²) in [6.07, 6.45) is 5.51. The van der Waals surface area contributed by atoms with Crippen LogP contribution in [0.1, 0.15) is 18.4 Å². The number of ether oxygens (including phenoxy) is 1. The average molecular weight is 280 g/mol. The summed E-state index contributed by atoms with van der Waals surface area (Å²) < 4.78 is 5.15. The van der Waals surface area contributed by atoms with E-state index in [4.69, 9.17) is 16.3 Å². The van der Waals surface area contributed by atoms with Crippen LogP contribution in [0.4, 0.5) is 0 Å². The zero-order chi connectivity index (χ0) is 13.7. The van der Waals surface area contributed by atoms with E-state index in [1.54, 1.807) is 13.2 Å². The summed E-state index contributed by atoms with van der Waals surface area (Å²) in [4.78, 5) is 14.0. The van der Waals surface area contributed by atoms with Crippen LogP contribution >= 0.6 is 11.6 Å². The number of carbonyl (C=O) groups excluding carboxylic acids is 1. The highest BCUT2D eigenvalue weighted by Gasteiger charge is 2.26. The third-order valence-electron chi connectivity index (χ3n) is 3.31. The van der Waals surface area contributed by atoms with E-state index in [-0.39, 0.29) is 11.9 Å². The lowest BCUT2D eigenvalue weighted by molar-refractivity contribution is -0.127. The molecule has 0 aliphatic carbocycles. The molecule has 0 N–H and O–H groups in total. The molecule has 1 heterocycles. The second-order valence-corrected chi connectivity index (χ2v) is 5.10. The Hall–Kier alpha value is -1.32. The summed E-state index contributed by atoms with van der Waals surface area (Å²) in [5, 5.41) is 0.697. The molecule has 1 aromatic carbocycles. The molecule has 4 heteroatoms. The van der Waals surface area contributed by atoms with Gasteiger partial charge in [-0.05, 0) is 36.6 Å². The molecule has 0 unspecified atom stereocenters. The Balaban J connectivity index is 1.98. The van der Waals surface area contributed by atoms with Gasteiger partial charge in [-0.3, -0.25) is 4.79 Å². The molecule has 2 rings (SSSR count). The lowest BCUT2D eigenvalue weighted by Crippen LogP contribution is -2.36.